The van der Waals surface area contributed by atoms with E-state index in [-0.39, 0.29) is 17.2 Å². The summed E-state index contributed by atoms with van der Waals surface area (Å²) in [5.74, 6) is 2.78. The van der Waals surface area contributed by atoms with Crippen LogP contribution in [0.3, 0.4) is 0 Å². The van der Waals surface area contributed by atoms with E-state index in [9.17, 15) is 4.79 Å². The first-order valence-corrected chi connectivity index (χ1v) is 7.66. The van der Waals surface area contributed by atoms with Gasteiger partial charge in [-0.15, -0.1) is 0 Å². The zero-order chi connectivity index (χ0) is 13.3. The van der Waals surface area contributed by atoms with Crippen LogP contribution in [0.2, 0.25) is 0 Å². The second-order valence-electron chi connectivity index (χ2n) is 7.68. The van der Waals surface area contributed by atoms with Gasteiger partial charge in [-0.05, 0) is 37.0 Å². The topological polar surface area (TPSA) is 43.1 Å². The Labute approximate surface area is 112 Å². The van der Waals surface area contributed by atoms with Crippen molar-refractivity contribution in [2.24, 2.45) is 28.9 Å². The molecule has 0 saturated heterocycles. The summed E-state index contributed by atoms with van der Waals surface area (Å²) in [4.78, 5) is 12.2. The van der Waals surface area contributed by atoms with Gasteiger partial charge in [0.05, 0.1) is 6.04 Å². The van der Waals surface area contributed by atoms with Crippen LogP contribution in [0.15, 0.2) is 0 Å². The third-order valence-electron chi connectivity index (χ3n) is 4.96. The highest BCUT2D eigenvalue weighted by Crippen LogP contribution is 2.43. The summed E-state index contributed by atoms with van der Waals surface area (Å²) in [5, 5.41) is 0. The maximum atomic E-state index is 12.2. The van der Waals surface area contributed by atoms with Gasteiger partial charge in [0.25, 0.3) is 0 Å². The molecule has 0 spiro atoms. The summed E-state index contributed by atoms with van der Waals surface area (Å²) in [6.07, 6.45) is 9.24. The number of Topliss-reactive ketones (excluding diaryl/α,β-unsaturated/α-hetero) is 1. The molecule has 2 bridgehead atoms. The molecule has 0 aromatic heterocycles. The fraction of sp³-hybridized carbons (Fsp3) is 0.938. The minimum atomic E-state index is -0.289. The highest BCUT2D eigenvalue weighted by Gasteiger charge is 2.34. The molecule has 0 aliphatic heterocycles. The molecule has 1 unspecified atom stereocenters. The minimum absolute atomic E-state index is 0.235. The number of rotatable bonds is 3. The largest absolute Gasteiger partial charge is 0.321 e. The monoisotopic (exact) mass is 251 g/mol. The van der Waals surface area contributed by atoms with Crippen LogP contribution in [0.1, 0.15) is 65.7 Å². The summed E-state index contributed by atoms with van der Waals surface area (Å²) in [5.41, 5.74) is 5.86. The Bertz CT molecular complexity index is 283. The third kappa shape index (κ3) is 3.34. The second kappa shape index (κ2) is 5.32. The van der Waals surface area contributed by atoms with Crippen molar-refractivity contribution < 1.29 is 4.79 Å². The molecule has 2 nitrogen and oxygen atoms in total. The number of hydrogen-bond donors (Lipinski definition) is 1. The van der Waals surface area contributed by atoms with Crippen LogP contribution in [-0.4, -0.2) is 11.8 Å². The number of nitrogens with two attached hydrogens (primary N) is 1. The predicted octanol–water partition coefficient (Wildman–Crippen LogP) is 3.54. The molecule has 2 heteroatoms. The molecule has 1 atom stereocenters. The molecule has 0 heterocycles. The molecule has 3 aliphatic rings. The van der Waals surface area contributed by atoms with Crippen molar-refractivity contribution in [3.63, 3.8) is 0 Å². The first-order chi connectivity index (χ1) is 8.36. The lowest BCUT2D eigenvalue weighted by Crippen LogP contribution is -2.40. The fourth-order valence-electron chi connectivity index (χ4n) is 3.96. The number of ketones is 1. The zero-order valence-corrected chi connectivity index (χ0v) is 12.2. The molecular formula is C16H29NO. The fourth-order valence-corrected chi connectivity index (χ4v) is 3.96. The van der Waals surface area contributed by atoms with Gasteiger partial charge in [-0.3, -0.25) is 4.79 Å². The molecule has 2 N–H and O–H groups in total. The third-order valence-corrected chi connectivity index (χ3v) is 4.96. The molecule has 0 radical (unpaired) electrons. The number of hydrogen-bond acceptors (Lipinski definition) is 2. The Kier molecular flexibility index (Phi) is 4.15. The van der Waals surface area contributed by atoms with Crippen molar-refractivity contribution >= 4 is 5.78 Å². The Hall–Kier alpha value is -0.370. The van der Waals surface area contributed by atoms with Crippen molar-refractivity contribution in [1.29, 1.82) is 0 Å². The first kappa shape index (κ1) is 14.0. The van der Waals surface area contributed by atoms with Crippen molar-refractivity contribution in [2.75, 3.05) is 0 Å². The normalized spacial score (nSPS) is 34.1. The van der Waals surface area contributed by atoms with E-state index in [1.54, 1.807) is 0 Å². The van der Waals surface area contributed by atoms with E-state index in [4.69, 9.17) is 5.73 Å². The SMILES string of the molecule is CC(C)(C)C(=O)C(N)CC1CC2CCC(CC2)C1. The Balaban J connectivity index is 1.91. The Morgan fingerprint density at radius 3 is 1.94 bits per heavy atom. The average Bonchev–Trinajstić information content (AvgIpc) is 2.58. The van der Waals surface area contributed by atoms with E-state index in [0.717, 1.165) is 18.3 Å². The lowest BCUT2D eigenvalue weighted by atomic mass is 9.81. The quantitative estimate of drug-likeness (QED) is 0.833. The second-order valence-corrected chi connectivity index (χ2v) is 7.68. The molecular weight excluding hydrogens is 222 g/mol. The summed E-state index contributed by atoms with van der Waals surface area (Å²) in [7, 11) is 0. The summed E-state index contributed by atoms with van der Waals surface area (Å²) in [6.45, 7) is 5.93. The number of carbonyl (C=O) groups excluding carboxylic acids is 1. The predicted molar refractivity (Wildman–Crippen MR) is 75.2 cm³/mol. The van der Waals surface area contributed by atoms with Crippen molar-refractivity contribution in [1.82, 2.24) is 0 Å². The van der Waals surface area contributed by atoms with Gasteiger partial charge in [-0.1, -0.05) is 46.5 Å². The standard InChI is InChI=1S/C16H29NO/c1-16(2,3)15(18)14(17)10-13-8-11-4-5-12(9-13)7-6-11/h11-14H,4-10,17H2,1-3H3. The summed E-state index contributed by atoms with van der Waals surface area (Å²) >= 11 is 0. The van der Waals surface area contributed by atoms with Crippen LogP contribution in [0.5, 0.6) is 0 Å². The van der Waals surface area contributed by atoms with Crippen LogP contribution in [0.25, 0.3) is 0 Å². The molecule has 3 saturated carbocycles. The van der Waals surface area contributed by atoms with Gasteiger partial charge in [0.15, 0.2) is 5.78 Å². The highest BCUT2D eigenvalue weighted by atomic mass is 16.1. The summed E-state index contributed by atoms with van der Waals surface area (Å²) < 4.78 is 0. The van der Waals surface area contributed by atoms with E-state index < -0.39 is 0 Å². The van der Waals surface area contributed by atoms with Gasteiger partial charge in [0.2, 0.25) is 0 Å². The molecule has 0 aromatic carbocycles. The Morgan fingerprint density at radius 1 is 1.11 bits per heavy atom. The lowest BCUT2D eigenvalue weighted by Gasteiger charge is -2.25. The van der Waals surface area contributed by atoms with Crippen LogP contribution < -0.4 is 5.73 Å². The molecule has 3 fully saturated rings. The maximum Gasteiger partial charge on any atom is 0.154 e. The van der Waals surface area contributed by atoms with Gasteiger partial charge in [-0.2, -0.15) is 0 Å². The molecule has 18 heavy (non-hydrogen) atoms. The lowest BCUT2D eigenvalue weighted by molar-refractivity contribution is -0.128. The maximum absolute atomic E-state index is 12.2. The van der Waals surface area contributed by atoms with Crippen LogP contribution in [0, 0.1) is 23.2 Å². The van der Waals surface area contributed by atoms with E-state index in [1.807, 2.05) is 20.8 Å². The van der Waals surface area contributed by atoms with E-state index in [2.05, 4.69) is 0 Å². The number of fused-ring (bicyclic) bond motifs is 4. The molecule has 3 rings (SSSR count). The molecule has 104 valence electrons. The van der Waals surface area contributed by atoms with E-state index in [0.29, 0.717) is 5.92 Å². The number of carbonyl (C=O) groups is 1. The van der Waals surface area contributed by atoms with Crippen molar-refractivity contribution in [3.05, 3.63) is 0 Å². The van der Waals surface area contributed by atoms with Crippen LogP contribution in [0.4, 0.5) is 0 Å². The van der Waals surface area contributed by atoms with E-state index in [1.165, 1.54) is 38.5 Å². The smallest absolute Gasteiger partial charge is 0.154 e. The van der Waals surface area contributed by atoms with Crippen molar-refractivity contribution in [3.8, 4) is 0 Å². The van der Waals surface area contributed by atoms with E-state index >= 15 is 0 Å². The summed E-state index contributed by atoms with van der Waals surface area (Å²) in [6, 6.07) is -0.243. The van der Waals surface area contributed by atoms with Crippen molar-refractivity contribution in [2.45, 2.75) is 71.8 Å². The van der Waals surface area contributed by atoms with Gasteiger partial charge in [0.1, 0.15) is 0 Å². The van der Waals surface area contributed by atoms with Crippen LogP contribution in [-0.2, 0) is 4.79 Å². The molecule has 3 aliphatic carbocycles. The molecule has 0 amide bonds. The first-order valence-electron chi connectivity index (χ1n) is 7.66. The van der Waals surface area contributed by atoms with Gasteiger partial charge < -0.3 is 5.73 Å². The zero-order valence-electron chi connectivity index (χ0n) is 12.2. The minimum Gasteiger partial charge on any atom is -0.321 e. The Morgan fingerprint density at radius 2 is 1.56 bits per heavy atom. The van der Waals surface area contributed by atoms with Crippen LogP contribution >= 0.6 is 0 Å². The van der Waals surface area contributed by atoms with Gasteiger partial charge in [0, 0.05) is 5.41 Å². The van der Waals surface area contributed by atoms with Gasteiger partial charge in [-0.25, -0.2) is 0 Å². The average molecular weight is 251 g/mol. The highest BCUT2D eigenvalue weighted by molar-refractivity contribution is 5.88. The van der Waals surface area contributed by atoms with Gasteiger partial charge >= 0.3 is 0 Å². The molecule has 0 aromatic rings.